The van der Waals surface area contributed by atoms with E-state index in [1.165, 1.54) is 6.26 Å². The Hall–Kier alpha value is -0.350. The number of aliphatic hydroxyl groups excluding tert-OH is 1. The molecule has 88 valence electrons. The summed E-state index contributed by atoms with van der Waals surface area (Å²) >= 11 is 0. The van der Waals surface area contributed by atoms with Gasteiger partial charge in [0.15, 0.2) is 9.84 Å². The zero-order chi connectivity index (χ0) is 11.7. The summed E-state index contributed by atoms with van der Waals surface area (Å²) in [6.45, 7) is 3.17. The first-order valence-corrected chi connectivity index (χ1v) is 7.22. The van der Waals surface area contributed by atoms with Gasteiger partial charge in [0.1, 0.15) is 0 Å². The summed E-state index contributed by atoms with van der Waals surface area (Å²) in [5, 5.41) is 10.1. The summed E-state index contributed by atoms with van der Waals surface area (Å²) in [7, 11) is -3.24. The van der Waals surface area contributed by atoms with Crippen molar-refractivity contribution < 1.29 is 13.5 Å². The van der Waals surface area contributed by atoms with Crippen molar-refractivity contribution in [3.8, 4) is 0 Å². The Morgan fingerprint density at radius 3 is 2.40 bits per heavy atom. The lowest BCUT2D eigenvalue weighted by molar-refractivity contribution is 0.166. The lowest BCUT2D eigenvalue weighted by Gasteiger charge is -2.31. The summed E-state index contributed by atoms with van der Waals surface area (Å²) in [5.41, 5.74) is 0.886. The van der Waals surface area contributed by atoms with Crippen LogP contribution in [-0.2, 0) is 9.84 Å². The molecule has 1 rings (SSSR count). The average molecular weight is 232 g/mol. The maximum atomic E-state index is 11.5. The summed E-state index contributed by atoms with van der Waals surface area (Å²) < 4.78 is 22.0. The summed E-state index contributed by atoms with van der Waals surface area (Å²) in [6.07, 6.45) is 6.25. The van der Waals surface area contributed by atoms with E-state index in [0.29, 0.717) is 0 Å². The normalized spacial score (nSPS) is 20.9. The molecule has 3 nitrogen and oxygen atoms in total. The molecule has 1 unspecified atom stereocenters. The minimum Gasteiger partial charge on any atom is -0.387 e. The second-order valence-electron chi connectivity index (χ2n) is 4.80. The second-order valence-corrected chi connectivity index (χ2v) is 7.40. The molecule has 0 bridgehead atoms. The first kappa shape index (κ1) is 12.7. The van der Waals surface area contributed by atoms with E-state index in [-0.39, 0.29) is 0 Å². The predicted octanol–water partition coefficient (Wildman–Crippen LogP) is 1.67. The van der Waals surface area contributed by atoms with Crippen LogP contribution in [0, 0.1) is 0 Å². The molecule has 0 aromatic heterocycles. The van der Waals surface area contributed by atoms with E-state index >= 15 is 0 Å². The number of hydrogen-bond donors (Lipinski definition) is 1. The fourth-order valence-corrected chi connectivity index (χ4v) is 2.32. The largest absolute Gasteiger partial charge is 0.387 e. The van der Waals surface area contributed by atoms with E-state index < -0.39 is 20.7 Å². The van der Waals surface area contributed by atoms with Crippen molar-refractivity contribution in [2.75, 3.05) is 6.26 Å². The fourth-order valence-electron chi connectivity index (χ4n) is 1.76. The van der Waals surface area contributed by atoms with Crippen LogP contribution in [-0.4, -0.2) is 30.6 Å². The zero-order valence-corrected chi connectivity index (χ0v) is 10.5. The van der Waals surface area contributed by atoms with Gasteiger partial charge in [0.25, 0.3) is 0 Å². The molecule has 0 heterocycles. The third-order valence-corrected chi connectivity index (χ3v) is 5.43. The van der Waals surface area contributed by atoms with Gasteiger partial charge in [-0.05, 0) is 45.1 Å². The number of hydrogen-bond acceptors (Lipinski definition) is 3. The second kappa shape index (κ2) is 4.26. The summed E-state index contributed by atoms with van der Waals surface area (Å²) in [4.78, 5) is 0. The maximum Gasteiger partial charge on any atom is 0.155 e. The lowest BCUT2D eigenvalue weighted by atomic mass is 9.90. The van der Waals surface area contributed by atoms with Crippen LogP contribution in [0.2, 0.25) is 0 Å². The maximum absolute atomic E-state index is 11.5. The highest BCUT2D eigenvalue weighted by Gasteiger charge is 2.39. The van der Waals surface area contributed by atoms with Gasteiger partial charge in [0.2, 0.25) is 0 Å². The Labute approximate surface area is 92.1 Å². The number of rotatable bonds is 3. The molecule has 1 N–H and O–H groups in total. The van der Waals surface area contributed by atoms with E-state index in [1.54, 1.807) is 13.8 Å². The SMILES string of the molecule is CC(C)(C(O)C1=CCCCC1)S(C)(=O)=O. The monoisotopic (exact) mass is 232 g/mol. The minimum absolute atomic E-state index is 0.820. The Kier molecular flexibility index (Phi) is 3.61. The van der Waals surface area contributed by atoms with Crippen LogP contribution in [0.3, 0.4) is 0 Å². The number of aliphatic hydroxyl groups is 1. The van der Waals surface area contributed by atoms with Crippen LogP contribution in [0.4, 0.5) is 0 Å². The van der Waals surface area contributed by atoms with Crippen molar-refractivity contribution in [2.24, 2.45) is 0 Å². The van der Waals surface area contributed by atoms with Crippen LogP contribution in [0.15, 0.2) is 11.6 Å². The molecule has 0 fully saturated rings. The van der Waals surface area contributed by atoms with Crippen molar-refractivity contribution in [2.45, 2.75) is 50.4 Å². The molecule has 0 aliphatic heterocycles. The predicted molar refractivity (Wildman–Crippen MR) is 61.5 cm³/mol. The van der Waals surface area contributed by atoms with Crippen LogP contribution >= 0.6 is 0 Å². The highest BCUT2D eigenvalue weighted by atomic mass is 32.2. The number of allylic oxidation sites excluding steroid dienone is 1. The molecular weight excluding hydrogens is 212 g/mol. The van der Waals surface area contributed by atoms with Crippen molar-refractivity contribution >= 4 is 9.84 Å². The van der Waals surface area contributed by atoms with Gasteiger partial charge in [-0.1, -0.05) is 6.08 Å². The molecule has 0 amide bonds. The number of sulfone groups is 1. The van der Waals surface area contributed by atoms with E-state index in [1.807, 2.05) is 6.08 Å². The van der Waals surface area contributed by atoms with Gasteiger partial charge < -0.3 is 5.11 Å². The minimum atomic E-state index is -3.24. The highest BCUT2D eigenvalue weighted by Crippen LogP contribution is 2.30. The molecule has 0 spiro atoms. The molecule has 0 radical (unpaired) electrons. The van der Waals surface area contributed by atoms with Crippen molar-refractivity contribution in [1.29, 1.82) is 0 Å². The van der Waals surface area contributed by atoms with Gasteiger partial charge in [0.05, 0.1) is 10.9 Å². The van der Waals surface area contributed by atoms with Crippen LogP contribution < -0.4 is 0 Å². The first-order chi connectivity index (χ1) is 6.77. The zero-order valence-electron chi connectivity index (χ0n) is 9.66. The van der Waals surface area contributed by atoms with Crippen LogP contribution in [0.25, 0.3) is 0 Å². The van der Waals surface area contributed by atoms with Gasteiger partial charge in [-0.25, -0.2) is 8.42 Å². The van der Waals surface area contributed by atoms with E-state index in [4.69, 9.17) is 0 Å². The topological polar surface area (TPSA) is 54.4 Å². The standard InChI is InChI=1S/C11H20O3S/c1-11(2,15(3,13)14)10(12)9-7-5-4-6-8-9/h7,10,12H,4-6,8H2,1-3H3. The smallest absolute Gasteiger partial charge is 0.155 e. The van der Waals surface area contributed by atoms with Crippen LogP contribution in [0.5, 0.6) is 0 Å². The Balaban J connectivity index is 2.93. The molecule has 4 heteroatoms. The van der Waals surface area contributed by atoms with E-state index in [9.17, 15) is 13.5 Å². The van der Waals surface area contributed by atoms with E-state index in [0.717, 1.165) is 31.3 Å². The van der Waals surface area contributed by atoms with Gasteiger partial charge in [0, 0.05) is 6.26 Å². The third kappa shape index (κ3) is 2.61. The van der Waals surface area contributed by atoms with Gasteiger partial charge in [-0.2, -0.15) is 0 Å². The Morgan fingerprint density at radius 2 is 2.00 bits per heavy atom. The van der Waals surface area contributed by atoms with Crippen molar-refractivity contribution in [3.63, 3.8) is 0 Å². The molecule has 0 aromatic rings. The molecular formula is C11H20O3S. The average Bonchev–Trinajstić information content (AvgIpc) is 2.16. The lowest BCUT2D eigenvalue weighted by Crippen LogP contribution is -2.44. The molecule has 0 saturated carbocycles. The third-order valence-electron chi connectivity index (χ3n) is 3.29. The molecule has 1 atom stereocenters. The quantitative estimate of drug-likeness (QED) is 0.753. The van der Waals surface area contributed by atoms with Gasteiger partial charge >= 0.3 is 0 Å². The first-order valence-electron chi connectivity index (χ1n) is 5.33. The van der Waals surface area contributed by atoms with Gasteiger partial charge in [-0.15, -0.1) is 0 Å². The molecule has 1 aliphatic carbocycles. The molecule has 1 aliphatic rings. The highest BCUT2D eigenvalue weighted by molar-refractivity contribution is 7.92. The summed E-state index contributed by atoms with van der Waals surface area (Å²) in [5.74, 6) is 0. The fraction of sp³-hybridized carbons (Fsp3) is 0.818. The molecule has 15 heavy (non-hydrogen) atoms. The Bertz CT molecular complexity index is 352. The van der Waals surface area contributed by atoms with Crippen molar-refractivity contribution in [3.05, 3.63) is 11.6 Å². The Morgan fingerprint density at radius 1 is 1.40 bits per heavy atom. The molecule has 0 aromatic carbocycles. The molecule has 0 saturated heterocycles. The van der Waals surface area contributed by atoms with Crippen LogP contribution in [0.1, 0.15) is 39.5 Å². The van der Waals surface area contributed by atoms with Crippen molar-refractivity contribution in [1.82, 2.24) is 0 Å². The van der Waals surface area contributed by atoms with E-state index in [2.05, 4.69) is 0 Å². The van der Waals surface area contributed by atoms with Gasteiger partial charge in [-0.3, -0.25) is 0 Å². The summed E-state index contributed by atoms with van der Waals surface area (Å²) in [6, 6.07) is 0.